The molecule has 6 rings (SSSR count). The van der Waals surface area contributed by atoms with E-state index >= 15 is 0 Å². The van der Waals surface area contributed by atoms with Crippen molar-refractivity contribution >= 4 is 33.1 Å². The summed E-state index contributed by atoms with van der Waals surface area (Å²) in [5.74, 6) is 0.897. The van der Waals surface area contributed by atoms with Crippen LogP contribution in [0.15, 0.2) is 120 Å². The van der Waals surface area contributed by atoms with Crippen molar-refractivity contribution in [2.24, 2.45) is 0 Å². The number of hydrogen-bond donors (Lipinski definition) is 0. The number of hydrogen-bond acceptors (Lipinski definition) is 2. The molecule has 0 saturated carbocycles. The third kappa shape index (κ3) is 3.14. The Hall–Kier alpha value is -3.69. The van der Waals surface area contributed by atoms with Gasteiger partial charge in [-0.05, 0) is 58.7 Å². The molecular formula is C29H19BrN2. The van der Waals surface area contributed by atoms with Crippen LogP contribution in [0.4, 0.5) is 17.2 Å². The van der Waals surface area contributed by atoms with Crippen molar-refractivity contribution in [3.05, 3.63) is 120 Å². The summed E-state index contributed by atoms with van der Waals surface area (Å²) in [5.41, 5.74) is 9.47. The van der Waals surface area contributed by atoms with E-state index in [9.17, 15) is 0 Å². The van der Waals surface area contributed by atoms with Crippen LogP contribution in [-0.2, 0) is 0 Å². The summed E-state index contributed by atoms with van der Waals surface area (Å²) in [4.78, 5) is 6.99. The molecule has 0 N–H and O–H groups in total. The quantitative estimate of drug-likeness (QED) is 0.249. The number of nitrogens with zero attached hydrogens (tertiary/aromatic N) is 2. The molecule has 0 amide bonds. The summed E-state index contributed by atoms with van der Waals surface area (Å²) in [7, 11) is 0. The van der Waals surface area contributed by atoms with Gasteiger partial charge in [-0.1, -0.05) is 88.7 Å². The molecule has 0 saturated heterocycles. The fourth-order valence-electron chi connectivity index (χ4n) is 4.49. The highest BCUT2D eigenvalue weighted by Crippen LogP contribution is 2.51. The molecule has 152 valence electrons. The first-order chi connectivity index (χ1) is 15.8. The van der Waals surface area contributed by atoms with Crippen LogP contribution < -0.4 is 4.90 Å². The van der Waals surface area contributed by atoms with E-state index in [1.54, 1.807) is 0 Å². The molecule has 0 atom stereocenters. The van der Waals surface area contributed by atoms with Crippen molar-refractivity contribution in [1.82, 2.24) is 4.98 Å². The van der Waals surface area contributed by atoms with Gasteiger partial charge in [0.1, 0.15) is 5.82 Å². The van der Waals surface area contributed by atoms with E-state index in [4.69, 9.17) is 4.98 Å². The van der Waals surface area contributed by atoms with Gasteiger partial charge in [-0.15, -0.1) is 0 Å². The standard InChI is InChI=1S/C29H19BrN2/c30-22-14-15-25-23-10-4-5-11-24(23)26-18-21(20-8-2-1-3-9-20)13-16-27(26)32(28(25)19-22)29-12-6-7-17-31-29/h1-19H. The third-order valence-electron chi connectivity index (χ3n) is 5.93. The Morgan fingerprint density at radius 2 is 1.28 bits per heavy atom. The molecule has 32 heavy (non-hydrogen) atoms. The molecule has 0 unspecified atom stereocenters. The second-order valence-corrected chi connectivity index (χ2v) is 8.74. The Labute approximate surface area is 196 Å². The maximum absolute atomic E-state index is 4.73. The first-order valence-electron chi connectivity index (χ1n) is 10.6. The monoisotopic (exact) mass is 474 g/mol. The van der Waals surface area contributed by atoms with Gasteiger partial charge in [-0.2, -0.15) is 0 Å². The van der Waals surface area contributed by atoms with Crippen LogP contribution in [0.1, 0.15) is 0 Å². The lowest BCUT2D eigenvalue weighted by Gasteiger charge is -2.26. The lowest BCUT2D eigenvalue weighted by atomic mass is 9.92. The fourth-order valence-corrected chi connectivity index (χ4v) is 4.84. The predicted octanol–water partition coefficient (Wildman–Crippen LogP) is 8.63. The van der Waals surface area contributed by atoms with Gasteiger partial charge in [0, 0.05) is 21.8 Å². The van der Waals surface area contributed by atoms with E-state index in [-0.39, 0.29) is 0 Å². The van der Waals surface area contributed by atoms with Gasteiger partial charge >= 0.3 is 0 Å². The average molecular weight is 475 g/mol. The Morgan fingerprint density at radius 1 is 0.531 bits per heavy atom. The molecule has 0 radical (unpaired) electrons. The van der Waals surface area contributed by atoms with Crippen LogP contribution in [-0.4, -0.2) is 4.98 Å². The SMILES string of the molecule is Brc1ccc2c(c1)N(c1ccccn1)c1ccc(-c3ccccc3)cc1-c1ccccc1-2. The summed E-state index contributed by atoms with van der Waals surface area (Å²) in [6.45, 7) is 0. The molecule has 1 aliphatic rings. The molecule has 5 aromatic rings. The van der Waals surface area contributed by atoms with E-state index in [1.165, 1.54) is 33.4 Å². The van der Waals surface area contributed by atoms with Crippen LogP contribution >= 0.6 is 15.9 Å². The Kier molecular flexibility index (Phi) is 4.62. The third-order valence-corrected chi connectivity index (χ3v) is 6.42. The Bertz CT molecular complexity index is 1430. The van der Waals surface area contributed by atoms with Crippen molar-refractivity contribution in [2.45, 2.75) is 0 Å². The van der Waals surface area contributed by atoms with Gasteiger partial charge < -0.3 is 0 Å². The highest BCUT2D eigenvalue weighted by Gasteiger charge is 2.27. The van der Waals surface area contributed by atoms with Crippen LogP contribution in [0, 0.1) is 0 Å². The second-order valence-electron chi connectivity index (χ2n) is 7.83. The minimum Gasteiger partial charge on any atom is -0.294 e. The van der Waals surface area contributed by atoms with E-state index in [2.05, 4.69) is 118 Å². The van der Waals surface area contributed by atoms with E-state index in [0.717, 1.165) is 21.7 Å². The Balaban J connectivity index is 1.70. The van der Waals surface area contributed by atoms with Gasteiger partial charge in [0.25, 0.3) is 0 Å². The molecular weight excluding hydrogens is 456 g/mol. The number of rotatable bonds is 2. The molecule has 0 fully saturated rings. The van der Waals surface area contributed by atoms with E-state index in [0.29, 0.717) is 0 Å². The highest BCUT2D eigenvalue weighted by molar-refractivity contribution is 9.10. The van der Waals surface area contributed by atoms with Crippen molar-refractivity contribution < 1.29 is 0 Å². The molecule has 0 spiro atoms. The number of benzene rings is 4. The van der Waals surface area contributed by atoms with Crippen molar-refractivity contribution in [2.75, 3.05) is 4.90 Å². The zero-order valence-electron chi connectivity index (χ0n) is 17.2. The normalized spacial score (nSPS) is 11.8. The fraction of sp³-hybridized carbons (Fsp3) is 0. The van der Waals surface area contributed by atoms with Crippen molar-refractivity contribution in [3.8, 4) is 33.4 Å². The molecule has 0 aliphatic carbocycles. The molecule has 4 aromatic carbocycles. The predicted molar refractivity (Wildman–Crippen MR) is 136 cm³/mol. The largest absolute Gasteiger partial charge is 0.294 e. The molecule has 0 bridgehead atoms. The van der Waals surface area contributed by atoms with Crippen molar-refractivity contribution in [1.29, 1.82) is 0 Å². The van der Waals surface area contributed by atoms with Gasteiger partial charge in [0.05, 0.1) is 11.4 Å². The van der Waals surface area contributed by atoms with Crippen LogP contribution in [0.25, 0.3) is 33.4 Å². The Morgan fingerprint density at radius 3 is 2.06 bits per heavy atom. The summed E-state index contributed by atoms with van der Waals surface area (Å²) in [6.07, 6.45) is 1.85. The second kappa shape index (κ2) is 7.77. The molecule has 2 nitrogen and oxygen atoms in total. The molecule has 2 heterocycles. The van der Waals surface area contributed by atoms with Gasteiger partial charge in [-0.25, -0.2) is 4.98 Å². The number of aromatic nitrogens is 1. The minimum absolute atomic E-state index is 0.897. The zero-order valence-corrected chi connectivity index (χ0v) is 18.8. The number of pyridine rings is 1. The summed E-state index contributed by atoms with van der Waals surface area (Å²) >= 11 is 3.69. The molecule has 1 aliphatic heterocycles. The number of halogens is 1. The zero-order chi connectivity index (χ0) is 21.5. The first-order valence-corrected chi connectivity index (χ1v) is 11.4. The smallest absolute Gasteiger partial charge is 0.137 e. The lowest BCUT2D eigenvalue weighted by molar-refractivity contribution is 1.18. The minimum atomic E-state index is 0.897. The van der Waals surface area contributed by atoms with Crippen LogP contribution in [0.3, 0.4) is 0 Å². The summed E-state index contributed by atoms with van der Waals surface area (Å²) in [5, 5.41) is 0. The molecule has 1 aromatic heterocycles. The number of fused-ring (bicyclic) bond motifs is 5. The number of anilines is 3. The average Bonchev–Trinajstić information content (AvgIpc) is 2.97. The van der Waals surface area contributed by atoms with Crippen LogP contribution in [0.2, 0.25) is 0 Å². The van der Waals surface area contributed by atoms with E-state index in [1.807, 2.05) is 18.3 Å². The van der Waals surface area contributed by atoms with Gasteiger partial charge in [0.2, 0.25) is 0 Å². The van der Waals surface area contributed by atoms with E-state index < -0.39 is 0 Å². The van der Waals surface area contributed by atoms with Crippen molar-refractivity contribution in [3.63, 3.8) is 0 Å². The molecule has 3 heteroatoms. The summed E-state index contributed by atoms with van der Waals surface area (Å²) in [6, 6.07) is 38.5. The topological polar surface area (TPSA) is 16.1 Å². The maximum Gasteiger partial charge on any atom is 0.137 e. The maximum atomic E-state index is 4.73. The first kappa shape index (κ1) is 19.0. The highest BCUT2D eigenvalue weighted by atomic mass is 79.9. The summed E-state index contributed by atoms with van der Waals surface area (Å²) < 4.78 is 1.04. The van der Waals surface area contributed by atoms with Crippen LogP contribution in [0.5, 0.6) is 0 Å². The lowest BCUT2D eigenvalue weighted by Crippen LogP contribution is -2.12. The van der Waals surface area contributed by atoms with Gasteiger partial charge in [-0.3, -0.25) is 4.90 Å². The van der Waals surface area contributed by atoms with Gasteiger partial charge in [0.15, 0.2) is 0 Å².